The highest BCUT2D eigenvalue weighted by Gasteiger charge is 2.49. The molecular formula is C47H71N9O6S5. The van der Waals surface area contributed by atoms with Gasteiger partial charge in [-0.15, -0.1) is 11.3 Å². The predicted molar refractivity (Wildman–Crippen MR) is 284 cm³/mol. The molecule has 4 aliphatic heterocycles. The zero-order valence-corrected chi connectivity index (χ0v) is 45.0. The van der Waals surface area contributed by atoms with Gasteiger partial charge in [0.05, 0.1) is 34.8 Å². The Balaban J connectivity index is 0.00000245. The van der Waals surface area contributed by atoms with Crippen LogP contribution in [-0.2, 0) is 43.2 Å². The molecule has 0 radical (unpaired) electrons. The number of aromatic nitrogens is 3. The number of carbonyl (C=O) groups excluding carboxylic acids is 4. The van der Waals surface area contributed by atoms with Crippen molar-refractivity contribution in [2.75, 3.05) is 47.4 Å². The van der Waals surface area contributed by atoms with Crippen LogP contribution < -0.4 is 10.7 Å². The van der Waals surface area contributed by atoms with E-state index >= 15 is 0 Å². The number of aryl methyl sites for hydroxylation is 1. The number of nitrogens with zero attached hydrogens (tertiary/aromatic N) is 7. The Labute approximate surface area is 427 Å². The molecule has 2 unspecified atom stereocenters. The largest absolute Gasteiger partial charge is 0.464 e. The third kappa shape index (κ3) is 11.3. The van der Waals surface area contributed by atoms with E-state index in [-0.39, 0.29) is 103 Å². The quantitative estimate of drug-likeness (QED) is 0.198. The zero-order valence-electron chi connectivity index (χ0n) is 40.1. The number of esters is 1. The van der Waals surface area contributed by atoms with Crippen LogP contribution >= 0.6 is 65.3 Å². The van der Waals surface area contributed by atoms with E-state index in [9.17, 15) is 19.2 Å². The highest BCUT2D eigenvalue weighted by molar-refractivity contribution is 7.59. The second kappa shape index (κ2) is 22.9. The summed E-state index contributed by atoms with van der Waals surface area (Å²) in [7, 11) is 5.44. The van der Waals surface area contributed by atoms with E-state index in [2.05, 4.69) is 72.3 Å². The first-order valence-electron chi connectivity index (χ1n) is 22.4. The molecule has 3 fully saturated rings. The number of urea groups is 1. The summed E-state index contributed by atoms with van der Waals surface area (Å²) in [6.07, 6.45) is 4.29. The topological polar surface area (TPSA) is 154 Å². The first-order chi connectivity index (χ1) is 30.1. The number of nitrogens with one attached hydrogen (secondary N) is 2. The van der Waals surface area contributed by atoms with Crippen LogP contribution in [0.1, 0.15) is 83.2 Å². The highest BCUT2D eigenvalue weighted by atomic mass is 32.1. The van der Waals surface area contributed by atoms with Crippen molar-refractivity contribution in [2.45, 2.75) is 117 Å². The molecule has 0 saturated carbocycles. The molecule has 8 rings (SSSR count). The maximum absolute atomic E-state index is 14.6. The lowest BCUT2D eigenvalue weighted by Gasteiger charge is -2.56. The lowest BCUT2D eigenvalue weighted by atomic mass is 9.84. The molecule has 0 aliphatic carbocycles. The van der Waals surface area contributed by atoms with Crippen LogP contribution in [0.15, 0.2) is 41.9 Å². The number of hydrogen-bond donors (Lipinski definition) is 2. The Bertz CT molecular complexity index is 2380. The molecule has 370 valence electrons. The van der Waals surface area contributed by atoms with Crippen molar-refractivity contribution in [3.05, 3.63) is 58.2 Å². The minimum Gasteiger partial charge on any atom is -0.464 e. The van der Waals surface area contributed by atoms with Crippen molar-refractivity contribution >= 4 is 100 Å². The monoisotopic (exact) mass is 1020 g/mol. The van der Waals surface area contributed by atoms with Crippen molar-refractivity contribution in [1.82, 2.24) is 45.0 Å². The molecule has 3 aromatic heterocycles. The maximum atomic E-state index is 14.6. The Hall–Kier alpha value is -3.50. The van der Waals surface area contributed by atoms with Crippen molar-refractivity contribution in [3.63, 3.8) is 0 Å². The summed E-state index contributed by atoms with van der Waals surface area (Å²) in [5.74, 6) is -1.47. The van der Waals surface area contributed by atoms with E-state index in [4.69, 9.17) is 19.4 Å². The molecule has 15 nitrogen and oxygen atoms in total. The van der Waals surface area contributed by atoms with Gasteiger partial charge in [-0.3, -0.25) is 24.4 Å². The number of pyridine rings is 1. The Kier molecular flexibility index (Phi) is 19.2. The highest BCUT2D eigenvalue weighted by Crippen LogP contribution is 2.42. The lowest BCUT2D eigenvalue weighted by molar-refractivity contribution is -0.155. The lowest BCUT2D eigenvalue weighted by Crippen LogP contribution is -2.72. The average Bonchev–Trinajstić information content (AvgIpc) is 3.85. The van der Waals surface area contributed by atoms with Gasteiger partial charge in [0.2, 0.25) is 5.91 Å². The first kappa shape index (κ1) is 56.1. The van der Waals surface area contributed by atoms with Gasteiger partial charge in [-0.25, -0.2) is 15.2 Å². The molecule has 2 N–H and O–H groups in total. The molecule has 7 heterocycles. The average molecular weight is 1020 g/mol. The number of ether oxygens (including phenoxy) is 2. The van der Waals surface area contributed by atoms with Crippen LogP contribution in [0.25, 0.3) is 33.4 Å². The summed E-state index contributed by atoms with van der Waals surface area (Å²) < 4.78 is 14.3. The maximum Gasteiger partial charge on any atom is 0.324 e. The predicted octanol–water partition coefficient (Wildman–Crippen LogP) is 6.12. The number of rotatable bonds is 8. The molecule has 1 aromatic carbocycles. The van der Waals surface area contributed by atoms with E-state index in [1.54, 1.807) is 25.3 Å². The number of hydrazine groups is 1. The molecule has 8 bridgehead atoms. The number of piperazine rings is 1. The fraction of sp³-hybridized carbons (Fsp3) is 0.574. The fourth-order valence-corrected chi connectivity index (χ4v) is 11.0. The van der Waals surface area contributed by atoms with E-state index in [1.807, 2.05) is 37.1 Å². The van der Waals surface area contributed by atoms with Gasteiger partial charge in [-0.05, 0) is 82.3 Å². The Morgan fingerprint density at radius 2 is 1.81 bits per heavy atom. The summed E-state index contributed by atoms with van der Waals surface area (Å²) in [4.78, 5) is 72.5. The molecule has 4 amide bonds. The van der Waals surface area contributed by atoms with Crippen LogP contribution in [0.4, 0.5) is 4.79 Å². The zero-order chi connectivity index (χ0) is 44.9. The van der Waals surface area contributed by atoms with Gasteiger partial charge in [-0.2, -0.15) is 54.0 Å². The summed E-state index contributed by atoms with van der Waals surface area (Å²) in [5, 5.41) is 8.26. The smallest absolute Gasteiger partial charge is 0.324 e. The van der Waals surface area contributed by atoms with E-state index in [0.29, 0.717) is 37.4 Å². The van der Waals surface area contributed by atoms with Crippen molar-refractivity contribution in [3.8, 4) is 22.5 Å². The molecule has 0 spiro atoms. The van der Waals surface area contributed by atoms with E-state index in [1.165, 1.54) is 16.3 Å². The summed E-state index contributed by atoms with van der Waals surface area (Å²) in [6.45, 7) is 15.0. The van der Waals surface area contributed by atoms with Gasteiger partial charge in [-0.1, -0.05) is 33.8 Å². The second-order valence-corrected chi connectivity index (χ2v) is 20.0. The molecular weight excluding hydrogens is 947 g/mol. The number of carbonyl (C=O) groups is 4. The van der Waals surface area contributed by atoms with Gasteiger partial charge in [0.15, 0.2) is 0 Å². The van der Waals surface area contributed by atoms with Crippen molar-refractivity contribution in [1.29, 1.82) is 0 Å². The van der Waals surface area contributed by atoms with Crippen molar-refractivity contribution in [2.24, 2.45) is 11.3 Å². The van der Waals surface area contributed by atoms with Gasteiger partial charge < -0.3 is 34.1 Å². The van der Waals surface area contributed by atoms with Gasteiger partial charge in [0, 0.05) is 97.9 Å². The normalized spacial score (nSPS) is 22.4. The SMILES string of the molecule is CCn1c(-c2cccnc2[C@H](C)OC)c2c3cc(ccc31)-c1csc(n1)C[C@H](NC(=O)[C@H](C(C)C)N(C)C(=O)N1C3CC1CN(C)C3)C(=O)N1CCC[C@H](N1)C(=O)OCC(C)(C)C2.S.S.S.S. The minimum atomic E-state index is -1.03. The third-order valence-electron chi connectivity index (χ3n) is 13.4. The second-order valence-electron chi connectivity index (χ2n) is 19.0. The van der Waals surface area contributed by atoms with Crippen LogP contribution in [0.3, 0.4) is 0 Å². The summed E-state index contributed by atoms with van der Waals surface area (Å²) >= 11 is 1.44. The van der Waals surface area contributed by atoms with Crippen LogP contribution in [0, 0.1) is 11.3 Å². The number of fused-ring (bicyclic) bond motifs is 8. The minimum absolute atomic E-state index is 0. The number of piperidine rings is 1. The summed E-state index contributed by atoms with van der Waals surface area (Å²) in [5.41, 5.74) is 9.43. The number of likely N-dealkylation sites (tertiary alicyclic amines) is 2. The third-order valence-corrected chi connectivity index (χ3v) is 14.2. The first-order valence-corrected chi connectivity index (χ1v) is 23.3. The molecule has 4 aliphatic rings. The Morgan fingerprint density at radius 3 is 2.48 bits per heavy atom. The fourth-order valence-electron chi connectivity index (χ4n) is 10.2. The Morgan fingerprint density at radius 1 is 1.09 bits per heavy atom. The van der Waals surface area contributed by atoms with Gasteiger partial charge in [0.25, 0.3) is 5.91 Å². The molecule has 20 heteroatoms. The number of methoxy groups -OCH3 is 1. The number of likely N-dealkylation sites (N-methyl/N-ethyl adjacent to an activating group) is 2. The summed E-state index contributed by atoms with van der Waals surface area (Å²) in [6, 6.07) is 7.94. The number of benzene rings is 1. The number of hydrogen-bond acceptors (Lipinski definition) is 11. The number of amides is 4. The van der Waals surface area contributed by atoms with E-state index in [0.717, 1.165) is 64.2 Å². The molecule has 4 aromatic rings. The van der Waals surface area contributed by atoms with Gasteiger partial charge in [0.1, 0.15) is 18.1 Å². The van der Waals surface area contributed by atoms with Crippen molar-refractivity contribution < 1.29 is 28.7 Å². The number of thiazole rings is 1. The van der Waals surface area contributed by atoms with Crippen LogP contribution in [0.5, 0.6) is 0 Å². The molecule has 67 heavy (non-hydrogen) atoms. The van der Waals surface area contributed by atoms with Crippen LogP contribution in [-0.4, -0.2) is 136 Å². The number of cyclic esters (lactones) is 1. The van der Waals surface area contributed by atoms with E-state index < -0.39 is 35.4 Å². The molecule has 3 saturated heterocycles. The van der Waals surface area contributed by atoms with Gasteiger partial charge >= 0.3 is 12.0 Å². The van der Waals surface area contributed by atoms with Crippen LogP contribution in [0.2, 0.25) is 0 Å². The standard InChI is InChI=1S/C47H63N9O6S.4H2S/c1-10-54-38-16-15-29-19-33(38)34(42(54)32-13-11-17-48-40(32)28(4)61-9)22-47(5,6)26-62-45(59)35-14-12-18-55(51-35)44(58)36(21-39-49-37(29)25-63-39)50-43(57)41(27(2)3)53(8)46(60)56-30-20-31(56)24-52(7)23-30;;;;/h11,13,15-17,19,25,27-28,30-31,35-36,41,51H,10,12,14,18,20-24,26H2,1-9H3,(H,50,57);4*1H2/t28-,30?,31?,35-,36-,41-;;;;/m0..../s1. The molecule has 6 atom stereocenters.